The van der Waals surface area contributed by atoms with Crippen LogP contribution < -0.4 is 5.73 Å². The molecular weight excluding hydrogens is 154 g/mol. The third-order valence-electron chi connectivity index (χ3n) is 1.58. The zero-order valence-corrected chi connectivity index (χ0v) is 7.75. The van der Waals surface area contributed by atoms with Crippen molar-refractivity contribution >= 4 is 5.97 Å². The second-order valence-electron chi connectivity index (χ2n) is 2.58. The summed E-state index contributed by atoms with van der Waals surface area (Å²) in [6.45, 7) is 2.40. The van der Waals surface area contributed by atoms with E-state index in [4.69, 9.17) is 5.73 Å². The van der Waals surface area contributed by atoms with Gasteiger partial charge in [-0.3, -0.25) is 4.79 Å². The highest BCUT2D eigenvalue weighted by atomic mass is 16.5. The SMILES string of the molecule is CCC/C=C/C(CN)C(=O)OC. The van der Waals surface area contributed by atoms with Crippen LogP contribution in [0.25, 0.3) is 0 Å². The van der Waals surface area contributed by atoms with Crippen LogP contribution in [0.3, 0.4) is 0 Å². The molecule has 70 valence electrons. The summed E-state index contributed by atoms with van der Waals surface area (Å²) in [5.74, 6) is -0.536. The minimum atomic E-state index is -0.276. The predicted octanol–water partition coefficient (Wildman–Crippen LogP) is 1.09. The molecule has 0 fully saturated rings. The molecule has 0 bridgehead atoms. The Morgan fingerprint density at radius 3 is 2.75 bits per heavy atom. The van der Waals surface area contributed by atoms with Crippen LogP contribution in [0.2, 0.25) is 0 Å². The van der Waals surface area contributed by atoms with E-state index in [9.17, 15) is 4.79 Å². The number of allylic oxidation sites excluding steroid dienone is 1. The van der Waals surface area contributed by atoms with Crippen molar-refractivity contribution in [2.45, 2.75) is 19.8 Å². The number of carbonyl (C=O) groups excluding carboxylic acids is 1. The van der Waals surface area contributed by atoms with E-state index in [2.05, 4.69) is 11.7 Å². The average molecular weight is 171 g/mol. The standard InChI is InChI=1S/C9H17NO2/c1-3-4-5-6-8(7-10)9(11)12-2/h5-6,8H,3-4,7,10H2,1-2H3/b6-5+. The van der Waals surface area contributed by atoms with Gasteiger partial charge >= 0.3 is 5.97 Å². The van der Waals surface area contributed by atoms with E-state index in [1.807, 2.05) is 12.2 Å². The molecule has 0 aliphatic rings. The van der Waals surface area contributed by atoms with Crippen molar-refractivity contribution in [3.05, 3.63) is 12.2 Å². The zero-order valence-electron chi connectivity index (χ0n) is 7.75. The van der Waals surface area contributed by atoms with Crippen molar-refractivity contribution in [2.75, 3.05) is 13.7 Å². The van der Waals surface area contributed by atoms with Crippen molar-refractivity contribution in [3.63, 3.8) is 0 Å². The number of rotatable bonds is 5. The van der Waals surface area contributed by atoms with E-state index in [1.54, 1.807) is 0 Å². The van der Waals surface area contributed by atoms with E-state index in [1.165, 1.54) is 7.11 Å². The van der Waals surface area contributed by atoms with Crippen molar-refractivity contribution in [1.29, 1.82) is 0 Å². The predicted molar refractivity (Wildman–Crippen MR) is 48.6 cm³/mol. The fraction of sp³-hybridized carbons (Fsp3) is 0.667. The van der Waals surface area contributed by atoms with Gasteiger partial charge in [0.2, 0.25) is 0 Å². The average Bonchev–Trinajstić information content (AvgIpc) is 2.11. The molecule has 0 saturated carbocycles. The molecule has 1 unspecified atom stereocenters. The minimum absolute atomic E-state index is 0.259. The first-order valence-corrected chi connectivity index (χ1v) is 4.20. The van der Waals surface area contributed by atoms with Crippen LogP contribution >= 0.6 is 0 Å². The van der Waals surface area contributed by atoms with Gasteiger partial charge in [-0.15, -0.1) is 0 Å². The molecule has 3 nitrogen and oxygen atoms in total. The molecule has 2 N–H and O–H groups in total. The molecule has 1 atom stereocenters. The maximum Gasteiger partial charge on any atom is 0.313 e. The van der Waals surface area contributed by atoms with Gasteiger partial charge in [0.05, 0.1) is 13.0 Å². The Morgan fingerprint density at radius 1 is 1.67 bits per heavy atom. The van der Waals surface area contributed by atoms with Crippen LogP contribution in [0.15, 0.2) is 12.2 Å². The molecule has 12 heavy (non-hydrogen) atoms. The van der Waals surface area contributed by atoms with Gasteiger partial charge in [-0.05, 0) is 6.42 Å². The molecule has 0 amide bonds. The summed E-state index contributed by atoms with van der Waals surface area (Å²) in [5, 5.41) is 0. The number of hydrogen-bond donors (Lipinski definition) is 1. The van der Waals surface area contributed by atoms with Gasteiger partial charge in [0.1, 0.15) is 0 Å². The van der Waals surface area contributed by atoms with Crippen molar-refractivity contribution in [2.24, 2.45) is 11.7 Å². The first-order chi connectivity index (χ1) is 5.76. The Bertz CT molecular complexity index is 155. The lowest BCUT2D eigenvalue weighted by atomic mass is 10.1. The normalized spacial score (nSPS) is 13.2. The van der Waals surface area contributed by atoms with Crippen molar-refractivity contribution in [3.8, 4) is 0 Å². The molecular formula is C9H17NO2. The Balaban J connectivity index is 3.90. The van der Waals surface area contributed by atoms with Gasteiger partial charge in [-0.25, -0.2) is 0 Å². The summed E-state index contributed by atoms with van der Waals surface area (Å²) in [6.07, 6.45) is 5.84. The third kappa shape index (κ3) is 4.13. The van der Waals surface area contributed by atoms with Crippen LogP contribution in [0, 0.1) is 5.92 Å². The van der Waals surface area contributed by atoms with E-state index in [-0.39, 0.29) is 11.9 Å². The van der Waals surface area contributed by atoms with Gasteiger partial charge in [-0.1, -0.05) is 25.5 Å². The summed E-state index contributed by atoms with van der Waals surface area (Å²) >= 11 is 0. The maximum absolute atomic E-state index is 11.0. The maximum atomic E-state index is 11.0. The number of carbonyl (C=O) groups is 1. The highest BCUT2D eigenvalue weighted by Gasteiger charge is 2.12. The third-order valence-corrected chi connectivity index (χ3v) is 1.58. The van der Waals surface area contributed by atoms with Crippen LogP contribution in [-0.2, 0) is 9.53 Å². The van der Waals surface area contributed by atoms with Gasteiger partial charge in [0.15, 0.2) is 0 Å². The number of ether oxygens (including phenoxy) is 1. The number of nitrogens with two attached hydrogens (primary N) is 1. The Labute approximate surface area is 73.6 Å². The summed E-state index contributed by atoms with van der Waals surface area (Å²) in [5.41, 5.74) is 5.38. The van der Waals surface area contributed by atoms with Crippen molar-refractivity contribution in [1.82, 2.24) is 0 Å². The Hall–Kier alpha value is -0.830. The molecule has 0 aromatic carbocycles. The number of unbranched alkanes of at least 4 members (excludes halogenated alkanes) is 1. The lowest BCUT2D eigenvalue weighted by Crippen LogP contribution is -2.22. The zero-order chi connectivity index (χ0) is 9.40. The molecule has 0 spiro atoms. The Kier molecular flexibility index (Phi) is 6.38. The first-order valence-electron chi connectivity index (χ1n) is 4.20. The van der Waals surface area contributed by atoms with Gasteiger partial charge in [0.25, 0.3) is 0 Å². The molecule has 0 radical (unpaired) electrons. The largest absolute Gasteiger partial charge is 0.469 e. The molecule has 0 rings (SSSR count). The highest BCUT2D eigenvalue weighted by Crippen LogP contribution is 2.01. The second kappa shape index (κ2) is 6.85. The van der Waals surface area contributed by atoms with E-state index < -0.39 is 0 Å². The molecule has 0 aliphatic carbocycles. The molecule has 0 aromatic rings. The first kappa shape index (κ1) is 11.2. The lowest BCUT2D eigenvalue weighted by Gasteiger charge is -2.05. The molecule has 0 aliphatic heterocycles. The van der Waals surface area contributed by atoms with Gasteiger partial charge < -0.3 is 10.5 Å². The van der Waals surface area contributed by atoms with Gasteiger partial charge in [0, 0.05) is 6.54 Å². The second-order valence-corrected chi connectivity index (χ2v) is 2.58. The number of esters is 1. The minimum Gasteiger partial charge on any atom is -0.469 e. The number of hydrogen-bond acceptors (Lipinski definition) is 3. The smallest absolute Gasteiger partial charge is 0.313 e. The summed E-state index contributed by atoms with van der Waals surface area (Å²) in [7, 11) is 1.37. The summed E-state index contributed by atoms with van der Waals surface area (Å²) in [6, 6.07) is 0. The summed E-state index contributed by atoms with van der Waals surface area (Å²) < 4.78 is 4.56. The van der Waals surface area contributed by atoms with E-state index in [0.29, 0.717) is 6.54 Å². The van der Waals surface area contributed by atoms with Crippen LogP contribution in [0.5, 0.6) is 0 Å². The molecule has 0 aromatic heterocycles. The lowest BCUT2D eigenvalue weighted by molar-refractivity contribution is -0.143. The van der Waals surface area contributed by atoms with Gasteiger partial charge in [-0.2, -0.15) is 0 Å². The van der Waals surface area contributed by atoms with E-state index in [0.717, 1.165) is 12.8 Å². The van der Waals surface area contributed by atoms with Crippen LogP contribution in [0.1, 0.15) is 19.8 Å². The summed E-state index contributed by atoms with van der Waals surface area (Å²) in [4.78, 5) is 11.0. The quantitative estimate of drug-likeness (QED) is 0.497. The fourth-order valence-corrected chi connectivity index (χ4v) is 0.832. The highest BCUT2D eigenvalue weighted by molar-refractivity contribution is 5.74. The van der Waals surface area contributed by atoms with Crippen LogP contribution in [0.4, 0.5) is 0 Å². The fourth-order valence-electron chi connectivity index (χ4n) is 0.832. The molecule has 3 heteroatoms. The van der Waals surface area contributed by atoms with Crippen molar-refractivity contribution < 1.29 is 9.53 Å². The topological polar surface area (TPSA) is 52.3 Å². The number of methoxy groups -OCH3 is 1. The van der Waals surface area contributed by atoms with E-state index >= 15 is 0 Å². The van der Waals surface area contributed by atoms with Crippen LogP contribution in [-0.4, -0.2) is 19.6 Å². The Morgan fingerprint density at radius 2 is 2.33 bits per heavy atom. The molecule has 0 heterocycles. The monoisotopic (exact) mass is 171 g/mol. The molecule has 0 saturated heterocycles.